The summed E-state index contributed by atoms with van der Waals surface area (Å²) in [7, 11) is 3.89. The molecule has 2 aromatic rings. The Kier molecular flexibility index (Phi) is 4.68. The molecule has 3 rings (SSSR count). The van der Waals surface area contributed by atoms with Crippen LogP contribution >= 0.6 is 11.6 Å². The maximum absolute atomic E-state index is 12.9. The van der Waals surface area contributed by atoms with Crippen LogP contribution in [0.1, 0.15) is 18.4 Å². The molecular weight excluding hydrogens is 312 g/mol. The molecule has 0 aliphatic carbocycles. The van der Waals surface area contributed by atoms with Crippen molar-refractivity contribution < 1.29 is 4.79 Å². The normalized spacial score (nSPS) is 18.7. The number of likely N-dealkylation sites (N-methyl/N-ethyl adjacent to an activating group) is 1. The average molecular weight is 333 g/mol. The Hall–Kier alpha value is -1.85. The lowest BCUT2D eigenvalue weighted by atomic mass is 10.0. The summed E-state index contributed by atoms with van der Waals surface area (Å²) in [6, 6.07) is 7.40. The second-order valence-corrected chi connectivity index (χ2v) is 6.44. The quantitative estimate of drug-likeness (QED) is 0.864. The molecule has 1 saturated heterocycles. The third-order valence-corrected chi connectivity index (χ3v) is 4.60. The summed E-state index contributed by atoms with van der Waals surface area (Å²) < 4.78 is 1.78. The largest absolute Gasteiger partial charge is 0.310 e. The van der Waals surface area contributed by atoms with Crippen LogP contribution in [0, 0.1) is 0 Å². The standard InChI is InChI=1S/C17H21ClN4O/c1-20(11-13-10-19-21(2)12-13)16-8-5-9-22(17(16)23)15-7-4-3-6-14(15)18/h3-4,6-7,10,12,16H,5,8-9,11H2,1-2H3. The highest BCUT2D eigenvalue weighted by atomic mass is 35.5. The van der Waals surface area contributed by atoms with E-state index in [2.05, 4.69) is 10.00 Å². The minimum atomic E-state index is -0.125. The lowest BCUT2D eigenvalue weighted by Gasteiger charge is -2.37. The molecule has 0 radical (unpaired) electrons. The van der Waals surface area contributed by atoms with Crippen molar-refractivity contribution in [2.75, 3.05) is 18.5 Å². The molecule has 0 saturated carbocycles. The topological polar surface area (TPSA) is 41.4 Å². The highest BCUT2D eigenvalue weighted by molar-refractivity contribution is 6.33. The molecule has 122 valence electrons. The minimum Gasteiger partial charge on any atom is -0.310 e. The van der Waals surface area contributed by atoms with E-state index in [-0.39, 0.29) is 11.9 Å². The Morgan fingerprint density at radius 1 is 1.39 bits per heavy atom. The highest BCUT2D eigenvalue weighted by Crippen LogP contribution is 2.29. The third kappa shape index (κ3) is 3.41. The number of aromatic nitrogens is 2. The van der Waals surface area contributed by atoms with Gasteiger partial charge in [0.25, 0.3) is 0 Å². The van der Waals surface area contributed by atoms with Crippen molar-refractivity contribution in [1.29, 1.82) is 0 Å². The van der Waals surface area contributed by atoms with Crippen LogP contribution in [0.5, 0.6) is 0 Å². The number of hydrogen-bond donors (Lipinski definition) is 0. The van der Waals surface area contributed by atoms with E-state index >= 15 is 0 Å². The van der Waals surface area contributed by atoms with Gasteiger partial charge in [-0.15, -0.1) is 0 Å². The lowest BCUT2D eigenvalue weighted by molar-refractivity contribution is -0.125. The summed E-state index contributed by atoms with van der Waals surface area (Å²) in [5.41, 5.74) is 1.91. The Bertz CT molecular complexity index is 699. The summed E-state index contributed by atoms with van der Waals surface area (Å²) in [5, 5.41) is 4.81. The van der Waals surface area contributed by atoms with Gasteiger partial charge in [-0.2, -0.15) is 5.10 Å². The number of hydrogen-bond acceptors (Lipinski definition) is 3. The number of amides is 1. The van der Waals surface area contributed by atoms with Gasteiger partial charge in [-0.05, 0) is 32.0 Å². The monoisotopic (exact) mass is 332 g/mol. The maximum atomic E-state index is 12.9. The van der Waals surface area contributed by atoms with E-state index < -0.39 is 0 Å². The van der Waals surface area contributed by atoms with Crippen molar-refractivity contribution in [3.8, 4) is 0 Å². The fourth-order valence-corrected chi connectivity index (χ4v) is 3.36. The van der Waals surface area contributed by atoms with E-state index in [1.165, 1.54) is 0 Å². The number of carbonyl (C=O) groups excluding carboxylic acids is 1. The molecular formula is C17H21ClN4O. The Labute approximate surface area is 141 Å². The Morgan fingerprint density at radius 3 is 2.87 bits per heavy atom. The van der Waals surface area contributed by atoms with Crippen molar-refractivity contribution in [2.45, 2.75) is 25.4 Å². The molecule has 1 aliphatic rings. The van der Waals surface area contributed by atoms with Gasteiger partial charge in [0, 0.05) is 31.9 Å². The number of carbonyl (C=O) groups is 1. The Morgan fingerprint density at radius 2 is 2.17 bits per heavy atom. The molecule has 23 heavy (non-hydrogen) atoms. The zero-order valence-corrected chi connectivity index (χ0v) is 14.2. The lowest BCUT2D eigenvalue weighted by Crippen LogP contribution is -2.51. The van der Waals surface area contributed by atoms with Gasteiger partial charge >= 0.3 is 0 Å². The van der Waals surface area contributed by atoms with Crippen LogP contribution in [0.25, 0.3) is 0 Å². The maximum Gasteiger partial charge on any atom is 0.244 e. The van der Waals surface area contributed by atoms with E-state index in [1.807, 2.05) is 55.7 Å². The number of para-hydroxylation sites is 1. The van der Waals surface area contributed by atoms with E-state index in [0.717, 1.165) is 30.6 Å². The second kappa shape index (κ2) is 6.72. The average Bonchev–Trinajstić information content (AvgIpc) is 2.93. The van der Waals surface area contributed by atoms with E-state index in [4.69, 9.17) is 11.6 Å². The van der Waals surface area contributed by atoms with E-state index in [9.17, 15) is 4.79 Å². The molecule has 2 heterocycles. The number of anilines is 1. The minimum absolute atomic E-state index is 0.121. The van der Waals surface area contributed by atoms with Gasteiger partial charge in [0.05, 0.1) is 22.9 Å². The van der Waals surface area contributed by atoms with Gasteiger partial charge in [-0.25, -0.2) is 0 Å². The molecule has 5 nitrogen and oxygen atoms in total. The zero-order valence-electron chi connectivity index (χ0n) is 13.4. The van der Waals surface area contributed by atoms with Gasteiger partial charge in [0.15, 0.2) is 0 Å². The first-order chi connectivity index (χ1) is 11.1. The molecule has 1 atom stereocenters. The number of rotatable bonds is 4. The molecule has 1 unspecified atom stereocenters. The first kappa shape index (κ1) is 16.0. The SMILES string of the molecule is CN(Cc1cnn(C)c1)C1CCCN(c2ccccc2Cl)C1=O. The van der Waals surface area contributed by atoms with E-state index in [0.29, 0.717) is 11.6 Å². The summed E-state index contributed by atoms with van der Waals surface area (Å²) >= 11 is 6.26. The number of benzene rings is 1. The fourth-order valence-electron chi connectivity index (χ4n) is 3.13. The smallest absolute Gasteiger partial charge is 0.244 e. The summed E-state index contributed by atoms with van der Waals surface area (Å²) in [6.07, 6.45) is 5.67. The number of piperidine rings is 1. The highest BCUT2D eigenvalue weighted by Gasteiger charge is 2.33. The second-order valence-electron chi connectivity index (χ2n) is 6.04. The molecule has 1 fully saturated rings. The van der Waals surface area contributed by atoms with Gasteiger partial charge in [-0.1, -0.05) is 23.7 Å². The molecule has 6 heteroatoms. The molecule has 0 spiro atoms. The molecule has 0 N–H and O–H groups in total. The molecule has 1 aromatic heterocycles. The number of aryl methyl sites for hydroxylation is 1. The van der Waals surface area contributed by atoms with Crippen molar-refractivity contribution in [2.24, 2.45) is 7.05 Å². The predicted octanol–water partition coefficient (Wildman–Crippen LogP) is 2.70. The first-order valence-electron chi connectivity index (χ1n) is 7.80. The summed E-state index contributed by atoms with van der Waals surface area (Å²) in [6.45, 7) is 1.43. The van der Waals surface area contributed by atoms with Crippen molar-refractivity contribution in [3.05, 3.63) is 47.2 Å². The van der Waals surface area contributed by atoms with Gasteiger partial charge in [-0.3, -0.25) is 14.4 Å². The number of halogens is 1. The fraction of sp³-hybridized carbons (Fsp3) is 0.412. The van der Waals surface area contributed by atoms with Crippen LogP contribution in [0.2, 0.25) is 5.02 Å². The van der Waals surface area contributed by atoms with Gasteiger partial charge < -0.3 is 4.90 Å². The number of nitrogens with zero attached hydrogens (tertiary/aromatic N) is 4. The molecule has 1 aliphatic heterocycles. The molecule has 1 amide bonds. The van der Waals surface area contributed by atoms with Crippen LogP contribution in [0.4, 0.5) is 5.69 Å². The van der Waals surface area contributed by atoms with Crippen LogP contribution in [-0.2, 0) is 18.4 Å². The van der Waals surface area contributed by atoms with Crippen molar-refractivity contribution >= 4 is 23.2 Å². The Balaban J connectivity index is 1.75. The first-order valence-corrected chi connectivity index (χ1v) is 8.17. The van der Waals surface area contributed by atoms with Crippen molar-refractivity contribution in [1.82, 2.24) is 14.7 Å². The predicted molar refractivity (Wildman–Crippen MR) is 91.5 cm³/mol. The van der Waals surface area contributed by atoms with Crippen molar-refractivity contribution in [3.63, 3.8) is 0 Å². The summed E-state index contributed by atoms with van der Waals surface area (Å²) in [4.78, 5) is 16.8. The van der Waals surface area contributed by atoms with Crippen LogP contribution in [-0.4, -0.2) is 40.2 Å². The molecule has 0 bridgehead atoms. The van der Waals surface area contributed by atoms with Crippen LogP contribution in [0.3, 0.4) is 0 Å². The van der Waals surface area contributed by atoms with Crippen LogP contribution in [0.15, 0.2) is 36.7 Å². The van der Waals surface area contributed by atoms with Gasteiger partial charge in [0.1, 0.15) is 0 Å². The third-order valence-electron chi connectivity index (χ3n) is 4.28. The summed E-state index contributed by atoms with van der Waals surface area (Å²) in [5.74, 6) is 0.121. The van der Waals surface area contributed by atoms with Gasteiger partial charge in [0.2, 0.25) is 5.91 Å². The molecule has 1 aromatic carbocycles. The van der Waals surface area contributed by atoms with Crippen LogP contribution < -0.4 is 4.90 Å². The van der Waals surface area contributed by atoms with E-state index in [1.54, 1.807) is 4.68 Å². The zero-order chi connectivity index (χ0) is 16.4.